The van der Waals surface area contributed by atoms with Crippen LogP contribution in [-0.4, -0.2) is 16.7 Å². The fourth-order valence-corrected chi connectivity index (χ4v) is 0.886. The average Bonchev–Trinajstić information content (AvgIpc) is 2.09. The molecule has 1 aromatic rings. The van der Waals surface area contributed by atoms with E-state index < -0.39 is 0 Å². The molecule has 0 saturated heterocycles. The van der Waals surface area contributed by atoms with Crippen molar-refractivity contribution in [2.45, 2.75) is 26.7 Å². The molecule has 1 heterocycles. The van der Waals surface area contributed by atoms with E-state index in [1.807, 2.05) is 19.1 Å². The third-order valence-corrected chi connectivity index (χ3v) is 1.63. The van der Waals surface area contributed by atoms with Crippen LogP contribution in [0, 0.1) is 6.92 Å². The molecule has 1 rings (SSSR count). The van der Waals surface area contributed by atoms with Crippen LogP contribution in [0.15, 0.2) is 12.1 Å². The van der Waals surface area contributed by atoms with Gasteiger partial charge in [-0.3, -0.25) is 0 Å². The number of aryl methyl sites for hydroxylation is 1. The predicted octanol–water partition coefficient (Wildman–Crippen LogP) is 2.00. The second kappa shape index (κ2) is 4.70. The number of nitrogens with zero attached hydrogens (tertiary/aromatic N) is 2. The third-order valence-electron chi connectivity index (χ3n) is 1.63. The molecule has 1 aromatic heterocycles. The molecule has 3 heteroatoms. The molecular weight excluding hydrogens is 150 g/mol. The standard InChI is InChI=1S/C9H15N3/c1-3-4-7-10-9-6-5-8(2)11-12-9/h5-6H,3-4,7H2,1-2H3,(H,10,12). The molecule has 0 aliphatic heterocycles. The number of hydrogen-bond donors (Lipinski definition) is 1. The number of rotatable bonds is 4. The van der Waals surface area contributed by atoms with Gasteiger partial charge in [-0.05, 0) is 25.5 Å². The molecule has 0 saturated carbocycles. The minimum absolute atomic E-state index is 0.869. The first-order chi connectivity index (χ1) is 5.83. The number of unbranched alkanes of at least 4 members (excludes halogenated alkanes) is 1. The highest BCUT2D eigenvalue weighted by Gasteiger charge is 1.91. The van der Waals surface area contributed by atoms with E-state index in [9.17, 15) is 0 Å². The Labute approximate surface area is 73.2 Å². The van der Waals surface area contributed by atoms with E-state index in [0.29, 0.717) is 0 Å². The quantitative estimate of drug-likeness (QED) is 0.693. The molecule has 1 N–H and O–H groups in total. The molecule has 0 radical (unpaired) electrons. The normalized spacial score (nSPS) is 9.83. The Morgan fingerprint density at radius 1 is 1.33 bits per heavy atom. The van der Waals surface area contributed by atoms with E-state index in [0.717, 1.165) is 18.1 Å². The van der Waals surface area contributed by atoms with E-state index in [4.69, 9.17) is 0 Å². The summed E-state index contributed by atoms with van der Waals surface area (Å²) >= 11 is 0. The largest absolute Gasteiger partial charge is 0.369 e. The SMILES string of the molecule is CCCCNc1ccc(C)nn1. The van der Waals surface area contributed by atoms with Gasteiger partial charge in [0.1, 0.15) is 5.82 Å². The Morgan fingerprint density at radius 3 is 2.75 bits per heavy atom. The first-order valence-electron chi connectivity index (χ1n) is 4.37. The Kier molecular flexibility index (Phi) is 3.51. The topological polar surface area (TPSA) is 37.8 Å². The van der Waals surface area contributed by atoms with Crippen LogP contribution >= 0.6 is 0 Å². The van der Waals surface area contributed by atoms with Crippen molar-refractivity contribution in [2.75, 3.05) is 11.9 Å². The zero-order valence-corrected chi connectivity index (χ0v) is 7.67. The van der Waals surface area contributed by atoms with Crippen molar-refractivity contribution >= 4 is 5.82 Å². The van der Waals surface area contributed by atoms with Crippen molar-refractivity contribution in [3.05, 3.63) is 17.8 Å². The molecule has 3 nitrogen and oxygen atoms in total. The van der Waals surface area contributed by atoms with Gasteiger partial charge in [-0.2, -0.15) is 5.10 Å². The summed E-state index contributed by atoms with van der Waals surface area (Å²) < 4.78 is 0. The Morgan fingerprint density at radius 2 is 2.17 bits per heavy atom. The fraction of sp³-hybridized carbons (Fsp3) is 0.556. The summed E-state index contributed by atoms with van der Waals surface area (Å²) in [6.45, 7) is 5.08. The molecule has 0 aliphatic rings. The van der Waals surface area contributed by atoms with Gasteiger partial charge in [-0.15, -0.1) is 5.10 Å². The summed E-state index contributed by atoms with van der Waals surface area (Å²) in [6.07, 6.45) is 2.38. The van der Waals surface area contributed by atoms with Gasteiger partial charge in [0.2, 0.25) is 0 Å². The lowest BCUT2D eigenvalue weighted by Crippen LogP contribution is -2.03. The smallest absolute Gasteiger partial charge is 0.148 e. The van der Waals surface area contributed by atoms with Crippen molar-refractivity contribution in [3.63, 3.8) is 0 Å². The maximum absolute atomic E-state index is 3.99. The summed E-state index contributed by atoms with van der Waals surface area (Å²) in [4.78, 5) is 0. The van der Waals surface area contributed by atoms with Crippen molar-refractivity contribution in [1.82, 2.24) is 10.2 Å². The zero-order chi connectivity index (χ0) is 8.81. The van der Waals surface area contributed by atoms with E-state index in [1.165, 1.54) is 12.8 Å². The van der Waals surface area contributed by atoms with Crippen molar-refractivity contribution in [1.29, 1.82) is 0 Å². The van der Waals surface area contributed by atoms with Crippen molar-refractivity contribution in [2.24, 2.45) is 0 Å². The molecule has 0 amide bonds. The minimum atomic E-state index is 0.869. The Hall–Kier alpha value is -1.12. The summed E-state index contributed by atoms with van der Waals surface area (Å²) in [7, 11) is 0. The van der Waals surface area contributed by atoms with Crippen LogP contribution < -0.4 is 5.32 Å². The maximum Gasteiger partial charge on any atom is 0.148 e. The van der Waals surface area contributed by atoms with E-state index in [2.05, 4.69) is 22.4 Å². The van der Waals surface area contributed by atoms with Gasteiger partial charge in [0, 0.05) is 6.54 Å². The van der Waals surface area contributed by atoms with E-state index in [1.54, 1.807) is 0 Å². The second-order valence-electron chi connectivity index (χ2n) is 2.84. The lowest BCUT2D eigenvalue weighted by atomic mass is 10.3. The fourth-order valence-electron chi connectivity index (χ4n) is 0.886. The van der Waals surface area contributed by atoms with Crippen LogP contribution in [0.25, 0.3) is 0 Å². The lowest BCUT2D eigenvalue weighted by molar-refractivity contribution is 0.825. The molecule has 0 atom stereocenters. The number of anilines is 1. The maximum atomic E-state index is 3.99. The van der Waals surface area contributed by atoms with Gasteiger partial charge >= 0.3 is 0 Å². The highest BCUT2D eigenvalue weighted by atomic mass is 15.2. The van der Waals surface area contributed by atoms with Gasteiger partial charge in [0.25, 0.3) is 0 Å². The second-order valence-corrected chi connectivity index (χ2v) is 2.84. The first-order valence-corrected chi connectivity index (χ1v) is 4.37. The Bertz CT molecular complexity index is 218. The predicted molar refractivity (Wildman–Crippen MR) is 50.2 cm³/mol. The highest BCUT2D eigenvalue weighted by Crippen LogP contribution is 2.00. The lowest BCUT2D eigenvalue weighted by Gasteiger charge is -2.02. The number of hydrogen-bond acceptors (Lipinski definition) is 3. The van der Waals surface area contributed by atoms with Crippen LogP contribution in [0.3, 0.4) is 0 Å². The highest BCUT2D eigenvalue weighted by molar-refractivity contribution is 5.32. The van der Waals surface area contributed by atoms with Crippen LogP contribution in [0.1, 0.15) is 25.5 Å². The van der Waals surface area contributed by atoms with E-state index >= 15 is 0 Å². The minimum Gasteiger partial charge on any atom is -0.369 e. The molecule has 0 bridgehead atoms. The summed E-state index contributed by atoms with van der Waals surface area (Å²) in [5.74, 6) is 0.869. The summed E-state index contributed by atoms with van der Waals surface area (Å²) in [5.41, 5.74) is 0.955. The molecule has 66 valence electrons. The number of aromatic nitrogens is 2. The van der Waals surface area contributed by atoms with Gasteiger partial charge in [-0.1, -0.05) is 13.3 Å². The molecule has 0 spiro atoms. The van der Waals surface area contributed by atoms with Crippen LogP contribution in [-0.2, 0) is 0 Å². The van der Waals surface area contributed by atoms with Crippen molar-refractivity contribution < 1.29 is 0 Å². The van der Waals surface area contributed by atoms with Crippen LogP contribution in [0.2, 0.25) is 0 Å². The van der Waals surface area contributed by atoms with Gasteiger partial charge in [0.05, 0.1) is 5.69 Å². The molecule has 0 unspecified atom stereocenters. The van der Waals surface area contributed by atoms with E-state index in [-0.39, 0.29) is 0 Å². The van der Waals surface area contributed by atoms with Gasteiger partial charge in [-0.25, -0.2) is 0 Å². The van der Waals surface area contributed by atoms with Gasteiger partial charge < -0.3 is 5.32 Å². The summed E-state index contributed by atoms with van der Waals surface area (Å²) in [5, 5.41) is 11.1. The Balaban J connectivity index is 2.37. The summed E-state index contributed by atoms with van der Waals surface area (Å²) in [6, 6.07) is 3.92. The molecule has 0 aromatic carbocycles. The number of nitrogens with one attached hydrogen (secondary N) is 1. The zero-order valence-electron chi connectivity index (χ0n) is 7.67. The van der Waals surface area contributed by atoms with Crippen molar-refractivity contribution in [3.8, 4) is 0 Å². The van der Waals surface area contributed by atoms with Crippen LogP contribution in [0.5, 0.6) is 0 Å². The molecule has 0 fully saturated rings. The molecular formula is C9H15N3. The monoisotopic (exact) mass is 165 g/mol. The third kappa shape index (κ3) is 2.86. The first kappa shape index (κ1) is 8.97. The van der Waals surface area contributed by atoms with Crippen LogP contribution in [0.4, 0.5) is 5.82 Å². The molecule has 12 heavy (non-hydrogen) atoms. The average molecular weight is 165 g/mol. The van der Waals surface area contributed by atoms with Gasteiger partial charge in [0.15, 0.2) is 0 Å². The molecule has 0 aliphatic carbocycles.